The summed E-state index contributed by atoms with van der Waals surface area (Å²) in [7, 11) is 0. The van der Waals surface area contributed by atoms with Crippen LogP contribution in [-0.4, -0.2) is 56.5 Å². The largest absolute Gasteiger partial charge is 0.459 e. The molecule has 4 aliphatic carbocycles. The van der Waals surface area contributed by atoms with Crippen molar-refractivity contribution in [3.05, 3.63) is 0 Å². The molecule has 0 heterocycles. The molecule has 0 aromatic heterocycles. The number of rotatable bonds is 4. The summed E-state index contributed by atoms with van der Waals surface area (Å²) in [5.74, 6) is -4.36. The summed E-state index contributed by atoms with van der Waals surface area (Å²) in [4.78, 5) is 50.3. The van der Waals surface area contributed by atoms with Crippen molar-refractivity contribution in [1.29, 1.82) is 0 Å². The topological polar surface area (TPSA) is 97.7 Å². The Balaban J connectivity index is 1.88. The molecule has 0 aliphatic heterocycles. The van der Waals surface area contributed by atoms with Gasteiger partial charge in [-0.2, -0.15) is 0 Å². The van der Waals surface area contributed by atoms with E-state index in [1.165, 1.54) is 25.6 Å². The van der Waals surface area contributed by atoms with Gasteiger partial charge in [-0.3, -0.25) is 19.2 Å². The van der Waals surface area contributed by atoms with Crippen molar-refractivity contribution >= 4 is 46.8 Å². The summed E-state index contributed by atoms with van der Waals surface area (Å²) in [5.41, 5.74) is -4.37. The SMILES string of the molecule is CSC1(SCO)CC[C@H]2[C@@H]3CCC4C(=O)C(=O)CC(=O)[C@]4(C)C3(F)[C@@H](OC(C)=O)C[C@@]21C. The number of aliphatic hydroxyl groups is 1. The second-order valence-electron chi connectivity index (χ2n) is 10.2. The first-order chi connectivity index (χ1) is 14.9. The number of fused-ring (bicyclic) bond motifs is 5. The molecule has 8 atom stereocenters. The van der Waals surface area contributed by atoms with Gasteiger partial charge in [0.1, 0.15) is 6.10 Å². The Morgan fingerprint density at radius 3 is 2.47 bits per heavy atom. The number of carbonyl (C=O) groups excluding carboxylic acids is 4. The van der Waals surface area contributed by atoms with Gasteiger partial charge in [0.15, 0.2) is 11.5 Å². The predicted octanol–water partition coefficient (Wildman–Crippen LogP) is 3.33. The van der Waals surface area contributed by atoms with Crippen molar-refractivity contribution in [3.8, 4) is 0 Å². The molecule has 9 heteroatoms. The average Bonchev–Trinajstić information content (AvgIpc) is 3.00. The van der Waals surface area contributed by atoms with Crippen LogP contribution < -0.4 is 0 Å². The highest BCUT2D eigenvalue weighted by Crippen LogP contribution is 2.74. The normalized spacial score (nSPS) is 48.1. The van der Waals surface area contributed by atoms with Crippen molar-refractivity contribution in [2.75, 3.05) is 12.2 Å². The van der Waals surface area contributed by atoms with Crippen LogP contribution in [-0.2, 0) is 23.9 Å². The van der Waals surface area contributed by atoms with Crippen LogP contribution in [0.3, 0.4) is 0 Å². The summed E-state index contributed by atoms with van der Waals surface area (Å²) < 4.78 is 22.9. The summed E-state index contributed by atoms with van der Waals surface area (Å²) in [6, 6.07) is 0. The monoisotopic (exact) mass is 486 g/mol. The molecule has 32 heavy (non-hydrogen) atoms. The molecular formula is C23H31FO6S2. The molecule has 4 fully saturated rings. The highest BCUT2D eigenvalue weighted by atomic mass is 32.2. The number of hydrogen-bond donors (Lipinski definition) is 1. The minimum Gasteiger partial charge on any atom is -0.459 e. The fraction of sp³-hybridized carbons (Fsp3) is 0.826. The van der Waals surface area contributed by atoms with E-state index in [1.54, 1.807) is 11.8 Å². The van der Waals surface area contributed by atoms with Crippen molar-refractivity contribution in [2.45, 2.75) is 75.1 Å². The summed E-state index contributed by atoms with van der Waals surface area (Å²) >= 11 is 3.09. The first-order valence-electron chi connectivity index (χ1n) is 11.2. The van der Waals surface area contributed by atoms with E-state index in [0.29, 0.717) is 6.42 Å². The molecule has 0 saturated heterocycles. The lowest BCUT2D eigenvalue weighted by molar-refractivity contribution is -0.238. The van der Waals surface area contributed by atoms with Crippen LogP contribution in [0, 0.1) is 28.6 Å². The summed E-state index contributed by atoms with van der Waals surface area (Å²) in [6.07, 6.45) is 2.54. The maximum Gasteiger partial charge on any atom is 0.303 e. The van der Waals surface area contributed by atoms with Crippen LogP contribution in [0.5, 0.6) is 0 Å². The fourth-order valence-electron chi connectivity index (χ4n) is 7.76. The lowest BCUT2D eigenvalue weighted by atomic mass is 9.42. The minimum atomic E-state index is -2.22. The smallest absolute Gasteiger partial charge is 0.303 e. The third-order valence-corrected chi connectivity index (χ3v) is 12.7. The van der Waals surface area contributed by atoms with Gasteiger partial charge in [-0.1, -0.05) is 6.92 Å². The van der Waals surface area contributed by atoms with Gasteiger partial charge in [0.25, 0.3) is 0 Å². The van der Waals surface area contributed by atoms with Crippen LogP contribution in [0.25, 0.3) is 0 Å². The quantitative estimate of drug-likeness (QED) is 0.280. The molecule has 0 spiro atoms. The van der Waals surface area contributed by atoms with Gasteiger partial charge in [0.05, 0.1) is 21.9 Å². The van der Waals surface area contributed by atoms with E-state index in [-0.39, 0.29) is 28.8 Å². The molecular weight excluding hydrogens is 455 g/mol. The van der Waals surface area contributed by atoms with E-state index in [4.69, 9.17) is 4.74 Å². The molecule has 3 unspecified atom stereocenters. The number of ketones is 3. The van der Waals surface area contributed by atoms with Crippen molar-refractivity contribution in [3.63, 3.8) is 0 Å². The number of aliphatic hydroxyl groups excluding tert-OH is 1. The maximum atomic E-state index is 17.6. The minimum absolute atomic E-state index is 0.0678. The van der Waals surface area contributed by atoms with Crippen molar-refractivity contribution in [2.24, 2.45) is 28.6 Å². The Morgan fingerprint density at radius 1 is 1.19 bits per heavy atom. The van der Waals surface area contributed by atoms with E-state index >= 15 is 4.39 Å². The molecule has 4 rings (SSSR count). The number of halogens is 1. The van der Waals surface area contributed by atoms with Crippen LogP contribution >= 0.6 is 23.5 Å². The van der Waals surface area contributed by atoms with Crippen LogP contribution in [0.2, 0.25) is 0 Å². The van der Waals surface area contributed by atoms with Gasteiger partial charge in [0, 0.05) is 18.8 Å². The zero-order valence-electron chi connectivity index (χ0n) is 18.9. The number of esters is 1. The number of thioether (sulfide) groups is 2. The van der Waals surface area contributed by atoms with E-state index in [0.717, 1.165) is 12.8 Å². The van der Waals surface area contributed by atoms with E-state index in [1.807, 2.05) is 6.26 Å². The van der Waals surface area contributed by atoms with Gasteiger partial charge in [0.2, 0.25) is 11.6 Å². The second-order valence-corrected chi connectivity index (χ2v) is 12.8. The first kappa shape index (κ1) is 24.2. The Hall–Kier alpha value is -0.930. The Kier molecular flexibility index (Phi) is 5.90. The molecule has 178 valence electrons. The number of hydrogen-bond acceptors (Lipinski definition) is 8. The molecule has 1 N–H and O–H groups in total. The molecule has 0 amide bonds. The maximum absolute atomic E-state index is 17.6. The zero-order chi connectivity index (χ0) is 23.7. The lowest BCUT2D eigenvalue weighted by Crippen LogP contribution is -2.74. The molecule has 6 nitrogen and oxygen atoms in total. The summed E-state index contributed by atoms with van der Waals surface area (Å²) in [6.45, 7) is 4.80. The lowest BCUT2D eigenvalue weighted by Gasteiger charge is -2.64. The third-order valence-electron chi connectivity index (χ3n) is 9.26. The van der Waals surface area contributed by atoms with E-state index < -0.39 is 64.2 Å². The highest BCUT2D eigenvalue weighted by molar-refractivity contribution is 8.17. The highest BCUT2D eigenvalue weighted by Gasteiger charge is 2.78. The van der Waals surface area contributed by atoms with Gasteiger partial charge >= 0.3 is 5.97 Å². The van der Waals surface area contributed by atoms with Gasteiger partial charge in [-0.25, -0.2) is 4.39 Å². The fourth-order valence-corrected chi connectivity index (χ4v) is 10.4. The second kappa shape index (κ2) is 7.80. The number of alkyl halides is 1. The van der Waals surface area contributed by atoms with Gasteiger partial charge in [-0.05, 0) is 56.6 Å². The van der Waals surface area contributed by atoms with Crippen LogP contribution in [0.1, 0.15) is 59.3 Å². The zero-order valence-corrected chi connectivity index (χ0v) is 20.6. The molecule has 0 radical (unpaired) electrons. The van der Waals surface area contributed by atoms with Gasteiger partial charge in [-0.15, -0.1) is 23.5 Å². The van der Waals surface area contributed by atoms with Crippen molar-refractivity contribution in [1.82, 2.24) is 0 Å². The first-order valence-corrected chi connectivity index (χ1v) is 13.4. The Bertz CT molecular complexity index is 881. The summed E-state index contributed by atoms with van der Waals surface area (Å²) in [5, 5.41) is 9.78. The number of Topliss-reactive ketones (excluding diaryl/α,β-unsaturated/α-hetero) is 3. The Labute approximate surface area is 196 Å². The molecule has 0 bridgehead atoms. The van der Waals surface area contributed by atoms with E-state index in [2.05, 4.69) is 6.92 Å². The van der Waals surface area contributed by atoms with Crippen molar-refractivity contribution < 1.29 is 33.4 Å². The van der Waals surface area contributed by atoms with Crippen LogP contribution in [0.4, 0.5) is 4.39 Å². The number of ether oxygens (including phenoxy) is 1. The molecule has 4 aliphatic rings. The standard InChI is InChI=1S/C23H31FO6S2/c1-12(26)30-18-10-20(2)13(7-8-22(20,31-4)32-11-25)14-5-6-15-19(29)16(27)9-17(28)21(15,3)23(14,18)24/h13-15,18,25H,5-11H2,1-4H3/t13-,14-,15?,18-,20-,21+,22?,23?/m0/s1. The van der Waals surface area contributed by atoms with E-state index in [9.17, 15) is 24.3 Å². The molecule has 4 saturated carbocycles. The average molecular weight is 487 g/mol. The molecule has 0 aromatic carbocycles. The number of carbonyl (C=O) groups is 4. The molecule has 0 aromatic rings. The van der Waals surface area contributed by atoms with Gasteiger partial charge < -0.3 is 9.84 Å². The Morgan fingerprint density at radius 2 is 1.88 bits per heavy atom. The third kappa shape index (κ3) is 2.82. The van der Waals surface area contributed by atoms with Crippen LogP contribution in [0.15, 0.2) is 0 Å². The predicted molar refractivity (Wildman–Crippen MR) is 120 cm³/mol.